The number of hydroxylamine groups is 1. The lowest BCUT2D eigenvalue weighted by atomic mass is 10.1. The van der Waals surface area contributed by atoms with Gasteiger partial charge >= 0.3 is 5.97 Å². The molecular weight excluding hydrogens is 252 g/mol. The number of hydrogen-bond donors (Lipinski definition) is 2. The first kappa shape index (κ1) is 14.7. The van der Waals surface area contributed by atoms with Gasteiger partial charge in [-0.05, 0) is 12.1 Å². The predicted molar refractivity (Wildman–Crippen MR) is 66.6 cm³/mol. The number of anilines is 1. The average molecular weight is 266 g/mol. The Labute approximate surface area is 109 Å². The lowest BCUT2D eigenvalue weighted by Crippen LogP contribution is -2.30. The van der Waals surface area contributed by atoms with Crippen LogP contribution in [0.25, 0.3) is 0 Å². The topological polar surface area (TPSA) is 95.9 Å². The summed E-state index contributed by atoms with van der Waals surface area (Å²) in [7, 11) is 1.53. The van der Waals surface area contributed by atoms with E-state index in [1.54, 1.807) is 18.2 Å². The van der Waals surface area contributed by atoms with E-state index >= 15 is 0 Å². The largest absolute Gasteiger partial charge is 0.479 e. The maximum Gasteiger partial charge on any atom is 0.332 e. The number of nitrogens with one attached hydrogen (secondary N) is 1. The highest BCUT2D eigenvalue weighted by atomic mass is 16.7. The van der Waals surface area contributed by atoms with E-state index in [-0.39, 0.29) is 11.5 Å². The van der Waals surface area contributed by atoms with E-state index < -0.39 is 18.5 Å². The van der Waals surface area contributed by atoms with Gasteiger partial charge in [0.1, 0.15) is 0 Å². The van der Waals surface area contributed by atoms with Gasteiger partial charge in [-0.25, -0.2) is 10.3 Å². The van der Waals surface area contributed by atoms with Crippen LogP contribution in [0.4, 0.5) is 5.69 Å². The quantitative estimate of drug-likeness (QED) is 0.753. The number of carboxylic acids is 1. The molecule has 0 aliphatic heterocycles. The molecule has 1 rings (SSSR count). The number of hydrogen-bond acceptors (Lipinski definition) is 4. The molecule has 0 aliphatic rings. The van der Waals surface area contributed by atoms with Gasteiger partial charge in [0.05, 0.1) is 11.3 Å². The van der Waals surface area contributed by atoms with Gasteiger partial charge in [0, 0.05) is 14.0 Å². The van der Waals surface area contributed by atoms with Crippen LogP contribution in [0.3, 0.4) is 0 Å². The molecule has 0 aromatic heterocycles. The standard InChI is InChI=1S/C12H14N2O5/c1-8(15)14(2)10-6-4-3-5-9(10)12(18)13-19-7-11(16)17/h3-6H,7H2,1-2H3,(H,13,18)(H,16,17). The second kappa shape index (κ2) is 6.50. The third-order valence-corrected chi connectivity index (χ3v) is 2.34. The molecule has 2 N–H and O–H groups in total. The lowest BCUT2D eigenvalue weighted by Gasteiger charge is -2.18. The Balaban J connectivity index is 2.85. The minimum Gasteiger partial charge on any atom is -0.479 e. The Hall–Kier alpha value is -2.41. The van der Waals surface area contributed by atoms with Crippen LogP contribution in [-0.2, 0) is 14.4 Å². The van der Waals surface area contributed by atoms with Crippen molar-refractivity contribution in [1.82, 2.24) is 5.48 Å². The van der Waals surface area contributed by atoms with Crippen molar-refractivity contribution < 1.29 is 24.3 Å². The summed E-state index contributed by atoms with van der Waals surface area (Å²) in [5.41, 5.74) is 2.63. The summed E-state index contributed by atoms with van der Waals surface area (Å²) in [6, 6.07) is 6.43. The highest BCUT2D eigenvalue weighted by Gasteiger charge is 2.16. The van der Waals surface area contributed by atoms with Gasteiger partial charge in [-0.3, -0.25) is 14.4 Å². The zero-order chi connectivity index (χ0) is 14.4. The van der Waals surface area contributed by atoms with E-state index in [1.165, 1.54) is 24.9 Å². The van der Waals surface area contributed by atoms with Crippen molar-refractivity contribution in [2.75, 3.05) is 18.6 Å². The molecule has 0 aliphatic carbocycles. The molecule has 7 nitrogen and oxygen atoms in total. The molecular formula is C12H14N2O5. The van der Waals surface area contributed by atoms with Gasteiger partial charge in [-0.2, -0.15) is 0 Å². The molecule has 7 heteroatoms. The first-order valence-corrected chi connectivity index (χ1v) is 5.40. The lowest BCUT2D eigenvalue weighted by molar-refractivity contribution is -0.144. The normalized spacial score (nSPS) is 9.79. The van der Waals surface area contributed by atoms with Gasteiger partial charge in [-0.1, -0.05) is 12.1 Å². The van der Waals surface area contributed by atoms with Gasteiger partial charge < -0.3 is 10.0 Å². The van der Waals surface area contributed by atoms with Crippen LogP contribution in [0.1, 0.15) is 17.3 Å². The molecule has 102 valence electrons. The van der Waals surface area contributed by atoms with E-state index in [1.807, 2.05) is 5.48 Å². The van der Waals surface area contributed by atoms with Crippen LogP contribution >= 0.6 is 0 Å². The third kappa shape index (κ3) is 4.07. The van der Waals surface area contributed by atoms with Crippen LogP contribution in [-0.4, -0.2) is 36.5 Å². The van der Waals surface area contributed by atoms with Gasteiger partial charge in [0.15, 0.2) is 6.61 Å². The first-order chi connectivity index (χ1) is 8.93. The monoisotopic (exact) mass is 266 g/mol. The summed E-state index contributed by atoms with van der Waals surface area (Å²) in [5.74, 6) is -2.05. The van der Waals surface area contributed by atoms with E-state index in [9.17, 15) is 14.4 Å². The van der Waals surface area contributed by atoms with Crippen molar-refractivity contribution >= 4 is 23.5 Å². The Morgan fingerprint density at radius 2 is 1.95 bits per heavy atom. The number of nitrogens with zero attached hydrogens (tertiary/aromatic N) is 1. The minimum atomic E-state index is -1.20. The van der Waals surface area contributed by atoms with Crippen molar-refractivity contribution in [2.45, 2.75) is 6.92 Å². The SMILES string of the molecule is CC(=O)N(C)c1ccccc1C(=O)NOCC(=O)O. The molecule has 0 heterocycles. The third-order valence-electron chi connectivity index (χ3n) is 2.34. The fourth-order valence-corrected chi connectivity index (χ4v) is 1.35. The molecule has 1 aromatic carbocycles. The van der Waals surface area contributed by atoms with Crippen LogP contribution in [0.15, 0.2) is 24.3 Å². The molecule has 0 radical (unpaired) electrons. The fraction of sp³-hybridized carbons (Fsp3) is 0.250. The molecule has 2 amide bonds. The average Bonchev–Trinajstić information content (AvgIpc) is 2.37. The van der Waals surface area contributed by atoms with E-state index in [0.29, 0.717) is 5.69 Å². The number of rotatable bonds is 5. The van der Waals surface area contributed by atoms with Crippen LogP contribution in [0.5, 0.6) is 0 Å². The Bertz CT molecular complexity index is 501. The number of amides is 2. The van der Waals surface area contributed by atoms with Crippen molar-refractivity contribution in [3.8, 4) is 0 Å². The Kier molecular flexibility index (Phi) is 5.01. The molecule has 0 saturated heterocycles. The van der Waals surface area contributed by atoms with Crippen LogP contribution < -0.4 is 10.4 Å². The predicted octanol–water partition coefficient (Wildman–Crippen LogP) is 0.415. The molecule has 0 fully saturated rings. The summed E-state index contributed by atoms with van der Waals surface area (Å²) in [6.07, 6.45) is 0. The minimum absolute atomic E-state index is 0.214. The smallest absolute Gasteiger partial charge is 0.332 e. The highest BCUT2D eigenvalue weighted by molar-refractivity contribution is 6.03. The van der Waals surface area contributed by atoms with Crippen molar-refractivity contribution in [3.05, 3.63) is 29.8 Å². The fourth-order valence-electron chi connectivity index (χ4n) is 1.35. The second-order valence-electron chi connectivity index (χ2n) is 3.71. The summed E-state index contributed by atoms with van der Waals surface area (Å²) in [4.78, 5) is 39.2. The number of benzene rings is 1. The Morgan fingerprint density at radius 3 is 2.53 bits per heavy atom. The van der Waals surface area contributed by atoms with Gasteiger partial charge in [0.25, 0.3) is 5.91 Å². The summed E-state index contributed by atoms with van der Waals surface area (Å²) in [6.45, 7) is 0.728. The molecule has 0 spiro atoms. The number of carbonyl (C=O) groups is 3. The van der Waals surface area contributed by atoms with E-state index in [2.05, 4.69) is 4.84 Å². The van der Waals surface area contributed by atoms with E-state index in [4.69, 9.17) is 5.11 Å². The molecule has 0 saturated carbocycles. The number of aliphatic carboxylic acids is 1. The zero-order valence-electron chi connectivity index (χ0n) is 10.5. The van der Waals surface area contributed by atoms with Gasteiger partial charge in [-0.15, -0.1) is 0 Å². The van der Waals surface area contributed by atoms with Crippen LogP contribution in [0.2, 0.25) is 0 Å². The van der Waals surface area contributed by atoms with Crippen molar-refractivity contribution in [1.29, 1.82) is 0 Å². The molecule has 0 unspecified atom stereocenters. The molecule has 0 atom stereocenters. The maximum atomic E-state index is 11.8. The zero-order valence-corrected chi connectivity index (χ0v) is 10.5. The molecule has 19 heavy (non-hydrogen) atoms. The summed E-state index contributed by atoms with van der Waals surface area (Å²) >= 11 is 0. The maximum absolute atomic E-state index is 11.8. The van der Waals surface area contributed by atoms with Gasteiger partial charge in [0.2, 0.25) is 5.91 Å². The Morgan fingerprint density at radius 1 is 1.32 bits per heavy atom. The summed E-state index contributed by atoms with van der Waals surface area (Å²) < 4.78 is 0. The molecule has 1 aromatic rings. The number of carbonyl (C=O) groups excluding carboxylic acids is 2. The number of para-hydroxylation sites is 1. The van der Waals surface area contributed by atoms with Crippen molar-refractivity contribution in [3.63, 3.8) is 0 Å². The summed E-state index contributed by atoms with van der Waals surface area (Å²) in [5, 5.41) is 8.38. The molecule has 0 bridgehead atoms. The highest BCUT2D eigenvalue weighted by Crippen LogP contribution is 2.19. The van der Waals surface area contributed by atoms with Crippen molar-refractivity contribution in [2.24, 2.45) is 0 Å². The number of carboxylic acid groups (broad SMARTS) is 1. The van der Waals surface area contributed by atoms with Crippen LogP contribution in [0, 0.1) is 0 Å². The van der Waals surface area contributed by atoms with E-state index in [0.717, 1.165) is 0 Å². The second-order valence-corrected chi connectivity index (χ2v) is 3.71. The first-order valence-electron chi connectivity index (χ1n) is 5.40.